The molecule has 4 nitrogen and oxygen atoms in total. The molecule has 0 saturated heterocycles. The molecule has 2 aliphatic rings. The molecular weight excluding hydrogens is 228 g/mol. The molecule has 1 heterocycles. The van der Waals surface area contributed by atoms with Crippen molar-refractivity contribution < 1.29 is 9.90 Å². The molecule has 1 aromatic heterocycles. The summed E-state index contributed by atoms with van der Waals surface area (Å²) in [5.41, 5.74) is 0.193. The number of amides is 1. The van der Waals surface area contributed by atoms with E-state index in [2.05, 4.69) is 4.98 Å². The molecule has 18 heavy (non-hydrogen) atoms. The lowest BCUT2D eigenvalue weighted by molar-refractivity contribution is 0.0730. The quantitative estimate of drug-likeness (QED) is 0.865. The molecule has 1 N–H and O–H groups in total. The summed E-state index contributed by atoms with van der Waals surface area (Å²) in [6.07, 6.45) is 6.45. The van der Waals surface area contributed by atoms with E-state index in [-0.39, 0.29) is 17.4 Å². The van der Waals surface area contributed by atoms with E-state index in [1.54, 1.807) is 12.3 Å². The van der Waals surface area contributed by atoms with Crippen molar-refractivity contribution in [1.29, 1.82) is 0 Å². The predicted octanol–water partition coefficient (Wildman–Crippen LogP) is 2.05. The van der Waals surface area contributed by atoms with Crippen LogP contribution in [0.2, 0.25) is 0 Å². The molecule has 0 unspecified atom stereocenters. The van der Waals surface area contributed by atoms with E-state index >= 15 is 0 Å². The third kappa shape index (κ3) is 2.63. The van der Waals surface area contributed by atoms with Crippen LogP contribution in [0, 0.1) is 11.8 Å². The SMILES string of the molecule is O=C(c1ncccc1O)N(CC1CC1)CC1CC1. The summed E-state index contributed by atoms with van der Waals surface area (Å²) in [4.78, 5) is 18.3. The van der Waals surface area contributed by atoms with Gasteiger partial charge in [0.1, 0.15) is 5.75 Å². The molecule has 2 aliphatic carbocycles. The van der Waals surface area contributed by atoms with E-state index in [0.29, 0.717) is 11.8 Å². The molecule has 1 amide bonds. The topological polar surface area (TPSA) is 53.4 Å². The zero-order valence-electron chi connectivity index (χ0n) is 10.4. The van der Waals surface area contributed by atoms with Crippen molar-refractivity contribution in [3.05, 3.63) is 24.0 Å². The van der Waals surface area contributed by atoms with E-state index in [1.807, 2.05) is 4.90 Å². The Morgan fingerprint density at radius 3 is 2.39 bits per heavy atom. The number of nitrogens with zero attached hydrogens (tertiary/aromatic N) is 2. The van der Waals surface area contributed by atoms with Gasteiger partial charge in [0.2, 0.25) is 0 Å². The molecule has 3 rings (SSSR count). The first-order valence-electron chi connectivity index (χ1n) is 6.67. The Labute approximate surface area is 107 Å². The molecular formula is C14H18N2O2. The molecule has 96 valence electrons. The molecule has 2 fully saturated rings. The van der Waals surface area contributed by atoms with E-state index in [9.17, 15) is 9.90 Å². The van der Waals surface area contributed by atoms with Crippen LogP contribution in [-0.4, -0.2) is 34.0 Å². The lowest BCUT2D eigenvalue weighted by Crippen LogP contribution is -2.35. The molecule has 0 bridgehead atoms. The predicted molar refractivity (Wildman–Crippen MR) is 67.3 cm³/mol. The van der Waals surface area contributed by atoms with Crippen LogP contribution in [0.5, 0.6) is 5.75 Å². The van der Waals surface area contributed by atoms with Crippen LogP contribution in [0.4, 0.5) is 0 Å². The van der Waals surface area contributed by atoms with Crippen molar-refractivity contribution >= 4 is 5.91 Å². The van der Waals surface area contributed by atoms with Crippen LogP contribution in [0.25, 0.3) is 0 Å². The van der Waals surface area contributed by atoms with Crippen molar-refractivity contribution in [1.82, 2.24) is 9.88 Å². The van der Waals surface area contributed by atoms with Crippen LogP contribution in [0.1, 0.15) is 36.2 Å². The molecule has 0 atom stereocenters. The summed E-state index contributed by atoms with van der Waals surface area (Å²) in [5.74, 6) is 1.20. The molecule has 0 aliphatic heterocycles. The minimum absolute atomic E-state index is 0.0147. The number of rotatable bonds is 5. The van der Waals surface area contributed by atoms with Gasteiger partial charge in [-0.3, -0.25) is 4.79 Å². The number of carbonyl (C=O) groups is 1. The highest BCUT2D eigenvalue weighted by atomic mass is 16.3. The molecule has 0 aromatic carbocycles. The third-order valence-corrected chi connectivity index (χ3v) is 3.63. The summed E-state index contributed by atoms with van der Waals surface area (Å²) < 4.78 is 0. The van der Waals surface area contributed by atoms with Gasteiger partial charge in [0, 0.05) is 19.3 Å². The lowest BCUT2D eigenvalue weighted by atomic mass is 10.2. The number of aromatic nitrogens is 1. The Morgan fingerprint density at radius 1 is 1.28 bits per heavy atom. The molecule has 1 aromatic rings. The third-order valence-electron chi connectivity index (χ3n) is 3.63. The van der Waals surface area contributed by atoms with Crippen molar-refractivity contribution in [2.45, 2.75) is 25.7 Å². The highest BCUT2D eigenvalue weighted by molar-refractivity contribution is 5.94. The molecule has 0 radical (unpaired) electrons. The summed E-state index contributed by atoms with van der Waals surface area (Å²) in [6.45, 7) is 1.65. The minimum Gasteiger partial charge on any atom is -0.505 e. The van der Waals surface area contributed by atoms with Crippen molar-refractivity contribution in [2.24, 2.45) is 11.8 Å². The van der Waals surface area contributed by atoms with Gasteiger partial charge in [-0.25, -0.2) is 4.98 Å². The minimum atomic E-state index is -0.119. The Hall–Kier alpha value is -1.58. The largest absolute Gasteiger partial charge is 0.505 e. The van der Waals surface area contributed by atoms with Gasteiger partial charge >= 0.3 is 0 Å². The maximum Gasteiger partial charge on any atom is 0.276 e. The summed E-state index contributed by atoms with van der Waals surface area (Å²) >= 11 is 0. The van der Waals surface area contributed by atoms with Gasteiger partial charge in [0.05, 0.1) is 0 Å². The van der Waals surface area contributed by atoms with E-state index in [4.69, 9.17) is 0 Å². The number of pyridine rings is 1. The summed E-state index contributed by atoms with van der Waals surface area (Å²) in [7, 11) is 0. The van der Waals surface area contributed by atoms with E-state index in [0.717, 1.165) is 13.1 Å². The zero-order valence-corrected chi connectivity index (χ0v) is 10.4. The number of hydrogen-bond acceptors (Lipinski definition) is 3. The normalized spacial score (nSPS) is 18.7. The van der Waals surface area contributed by atoms with E-state index in [1.165, 1.54) is 31.7 Å². The monoisotopic (exact) mass is 246 g/mol. The Balaban J connectivity index is 1.75. The average Bonchev–Trinajstić information content (AvgIpc) is 3.23. The maximum absolute atomic E-state index is 12.4. The smallest absolute Gasteiger partial charge is 0.276 e. The van der Waals surface area contributed by atoms with Crippen LogP contribution in [0.3, 0.4) is 0 Å². The number of aromatic hydroxyl groups is 1. The standard InChI is InChI=1S/C14H18N2O2/c17-12-2-1-7-15-13(12)14(18)16(8-10-3-4-10)9-11-5-6-11/h1-2,7,10-11,17H,3-6,8-9H2. The van der Waals surface area contributed by atoms with E-state index < -0.39 is 0 Å². The van der Waals surface area contributed by atoms with Gasteiger partial charge in [0.25, 0.3) is 5.91 Å². The fraction of sp³-hybridized carbons (Fsp3) is 0.571. The fourth-order valence-electron chi connectivity index (χ4n) is 2.18. The molecule has 0 spiro atoms. The average molecular weight is 246 g/mol. The highest BCUT2D eigenvalue weighted by Crippen LogP contribution is 2.34. The van der Waals surface area contributed by atoms with Gasteiger partial charge < -0.3 is 10.0 Å². The Bertz CT molecular complexity index is 439. The lowest BCUT2D eigenvalue weighted by Gasteiger charge is -2.22. The van der Waals surface area contributed by atoms with Gasteiger partial charge in [0.15, 0.2) is 5.69 Å². The number of hydrogen-bond donors (Lipinski definition) is 1. The highest BCUT2D eigenvalue weighted by Gasteiger charge is 2.32. The van der Waals surface area contributed by atoms with Crippen LogP contribution < -0.4 is 0 Å². The zero-order chi connectivity index (χ0) is 12.5. The first-order valence-corrected chi connectivity index (χ1v) is 6.67. The Morgan fingerprint density at radius 2 is 1.89 bits per heavy atom. The van der Waals surface area contributed by atoms with Crippen molar-refractivity contribution in [2.75, 3.05) is 13.1 Å². The second kappa shape index (κ2) is 4.59. The molecule has 2 saturated carbocycles. The van der Waals surface area contributed by atoms with Crippen molar-refractivity contribution in [3.8, 4) is 5.75 Å². The van der Waals surface area contributed by atoms with Gasteiger partial charge in [-0.05, 0) is 49.7 Å². The summed E-state index contributed by atoms with van der Waals surface area (Å²) in [6, 6.07) is 3.16. The maximum atomic E-state index is 12.4. The Kier molecular flexibility index (Phi) is 2.94. The summed E-state index contributed by atoms with van der Waals surface area (Å²) in [5, 5.41) is 9.72. The fourth-order valence-corrected chi connectivity index (χ4v) is 2.18. The number of carbonyl (C=O) groups excluding carboxylic acids is 1. The molecule has 4 heteroatoms. The van der Waals surface area contributed by atoms with Gasteiger partial charge in [-0.15, -0.1) is 0 Å². The first kappa shape index (κ1) is 11.5. The van der Waals surface area contributed by atoms with Gasteiger partial charge in [-0.1, -0.05) is 0 Å². The first-order chi connectivity index (χ1) is 8.74. The van der Waals surface area contributed by atoms with Crippen LogP contribution in [0.15, 0.2) is 18.3 Å². The van der Waals surface area contributed by atoms with Crippen molar-refractivity contribution in [3.63, 3.8) is 0 Å². The second-order valence-corrected chi connectivity index (χ2v) is 5.47. The van der Waals surface area contributed by atoms with Gasteiger partial charge in [-0.2, -0.15) is 0 Å². The van der Waals surface area contributed by atoms with Crippen LogP contribution >= 0.6 is 0 Å². The second-order valence-electron chi connectivity index (χ2n) is 5.47. The van der Waals surface area contributed by atoms with Crippen LogP contribution in [-0.2, 0) is 0 Å².